The molecular formula is C36H32N4O. The number of para-hydroxylation sites is 3. The summed E-state index contributed by atoms with van der Waals surface area (Å²) in [5.41, 5.74) is 6.71. The summed E-state index contributed by atoms with van der Waals surface area (Å²) < 4.78 is 10.7. The van der Waals surface area contributed by atoms with Gasteiger partial charge in [-0.2, -0.15) is 0 Å². The van der Waals surface area contributed by atoms with Gasteiger partial charge in [0.15, 0.2) is 0 Å². The topological polar surface area (TPSA) is 22.6 Å². The lowest BCUT2D eigenvalue weighted by Gasteiger charge is -2.23. The highest BCUT2D eigenvalue weighted by Crippen LogP contribution is 2.45. The van der Waals surface area contributed by atoms with E-state index in [1.165, 1.54) is 16.3 Å². The van der Waals surface area contributed by atoms with Crippen LogP contribution in [-0.2, 0) is 0 Å². The lowest BCUT2D eigenvalue weighted by atomic mass is 10.0. The van der Waals surface area contributed by atoms with Gasteiger partial charge in [-0.1, -0.05) is 68.8 Å². The summed E-state index contributed by atoms with van der Waals surface area (Å²) in [5.74, 6) is 2.84. The molecule has 0 saturated heterocycles. The van der Waals surface area contributed by atoms with Gasteiger partial charge in [0, 0.05) is 19.8 Å². The van der Waals surface area contributed by atoms with Crippen LogP contribution in [0.25, 0.3) is 21.8 Å². The van der Waals surface area contributed by atoms with Crippen molar-refractivity contribution in [2.75, 3.05) is 16.8 Å². The van der Waals surface area contributed by atoms with Crippen molar-refractivity contribution in [3.8, 4) is 11.5 Å². The van der Waals surface area contributed by atoms with Gasteiger partial charge in [-0.05, 0) is 59.3 Å². The van der Waals surface area contributed by atoms with Crippen LogP contribution in [0.2, 0.25) is 0 Å². The van der Waals surface area contributed by atoms with E-state index in [2.05, 4.69) is 126 Å². The Balaban J connectivity index is 1.30. The maximum absolute atomic E-state index is 6.51. The van der Waals surface area contributed by atoms with E-state index in [1.54, 1.807) is 0 Å². The van der Waals surface area contributed by atoms with Crippen LogP contribution in [0.5, 0.6) is 11.5 Å². The largest absolute Gasteiger partial charge is 0.458 e. The molecule has 0 N–H and O–H groups in total. The molecule has 3 heterocycles. The van der Waals surface area contributed by atoms with Crippen LogP contribution in [0.15, 0.2) is 127 Å². The van der Waals surface area contributed by atoms with Crippen molar-refractivity contribution in [2.24, 2.45) is 5.92 Å². The van der Waals surface area contributed by atoms with Crippen molar-refractivity contribution < 1.29 is 13.9 Å². The van der Waals surface area contributed by atoms with Gasteiger partial charge in [0.2, 0.25) is 0 Å². The molecule has 0 aliphatic carbocycles. The molecule has 2 aliphatic rings. The van der Waals surface area contributed by atoms with E-state index >= 15 is 0 Å². The van der Waals surface area contributed by atoms with Crippen molar-refractivity contribution in [1.82, 2.24) is 0 Å². The molecule has 0 amide bonds. The van der Waals surface area contributed by atoms with Crippen molar-refractivity contribution in [3.05, 3.63) is 133 Å². The Morgan fingerprint density at radius 3 is 2.49 bits per heavy atom. The minimum atomic E-state index is 0.410. The molecule has 7 rings (SSSR count). The molecule has 0 fully saturated rings. The van der Waals surface area contributed by atoms with E-state index in [0.717, 1.165) is 51.6 Å². The number of hydrogen-bond acceptors (Lipinski definition) is 3. The van der Waals surface area contributed by atoms with Gasteiger partial charge in [0.25, 0.3) is 0 Å². The molecule has 0 saturated carbocycles. The average Bonchev–Trinajstić information content (AvgIpc) is 3.44. The Hall–Kier alpha value is -5.16. The van der Waals surface area contributed by atoms with E-state index in [9.17, 15) is 0 Å². The maximum Gasteiger partial charge on any atom is 0.316 e. The minimum absolute atomic E-state index is 0.410. The predicted molar refractivity (Wildman–Crippen MR) is 168 cm³/mol. The summed E-state index contributed by atoms with van der Waals surface area (Å²) in [6.07, 6.45) is 7.43. The molecule has 5 aromatic rings. The van der Waals surface area contributed by atoms with Gasteiger partial charge in [0.05, 0.1) is 23.3 Å². The number of allylic oxidation sites excluding steroid dienone is 2. The van der Waals surface area contributed by atoms with E-state index in [4.69, 9.17) is 4.74 Å². The zero-order chi connectivity index (χ0) is 28.2. The third kappa shape index (κ3) is 4.01. The smallest absolute Gasteiger partial charge is 0.316 e. The van der Waals surface area contributed by atoms with Crippen LogP contribution in [0.3, 0.4) is 0 Å². The Labute approximate surface area is 240 Å². The first-order chi connectivity index (χ1) is 19.9. The first-order valence-electron chi connectivity index (χ1n) is 13.9. The quantitative estimate of drug-likeness (QED) is 0.168. The second-order valence-electron chi connectivity index (χ2n) is 10.9. The van der Waals surface area contributed by atoms with Gasteiger partial charge in [-0.3, -0.25) is 14.0 Å². The molecule has 5 heteroatoms. The Morgan fingerprint density at radius 2 is 1.66 bits per heavy atom. The Bertz CT molecular complexity index is 1930. The van der Waals surface area contributed by atoms with Crippen LogP contribution in [0, 0.1) is 12.1 Å². The minimum Gasteiger partial charge on any atom is -0.458 e. The normalized spacial score (nSPS) is 14.9. The van der Waals surface area contributed by atoms with E-state index < -0.39 is 0 Å². The second kappa shape index (κ2) is 9.49. The van der Waals surface area contributed by atoms with Crippen LogP contribution >= 0.6 is 0 Å². The van der Waals surface area contributed by atoms with Gasteiger partial charge in [-0.15, -0.1) is 11.6 Å². The molecule has 1 aromatic heterocycles. The highest BCUT2D eigenvalue weighted by molar-refractivity contribution is 6.04. The second-order valence-corrected chi connectivity index (χ2v) is 10.9. The van der Waals surface area contributed by atoms with Crippen molar-refractivity contribution >= 4 is 45.6 Å². The van der Waals surface area contributed by atoms with Crippen LogP contribution in [0.4, 0.5) is 17.1 Å². The number of ether oxygens (including phenoxy) is 1. The van der Waals surface area contributed by atoms with Crippen molar-refractivity contribution in [2.45, 2.75) is 13.8 Å². The Kier molecular flexibility index (Phi) is 5.75. The molecule has 0 atom stereocenters. The molecule has 4 aromatic carbocycles. The van der Waals surface area contributed by atoms with Gasteiger partial charge >= 0.3 is 6.17 Å². The molecule has 0 unspecified atom stereocenters. The summed E-state index contributed by atoms with van der Waals surface area (Å²) in [6, 6.07) is 31.4. The fourth-order valence-electron chi connectivity index (χ4n) is 5.82. The van der Waals surface area contributed by atoms with E-state index in [1.807, 2.05) is 36.0 Å². The molecule has 5 nitrogen and oxygen atoms in total. The summed E-state index contributed by atoms with van der Waals surface area (Å²) >= 11 is 0. The lowest BCUT2D eigenvalue weighted by molar-refractivity contribution is -0.730. The number of fused-ring (bicyclic) bond motifs is 4. The first-order valence-corrected chi connectivity index (χ1v) is 13.9. The lowest BCUT2D eigenvalue weighted by Crippen LogP contribution is -2.44. The van der Waals surface area contributed by atoms with Crippen LogP contribution in [-0.4, -0.2) is 18.3 Å². The number of rotatable bonds is 5. The zero-order valence-corrected chi connectivity index (χ0v) is 23.6. The fraction of sp³-hybridized carbons (Fsp3) is 0.111. The van der Waals surface area contributed by atoms with Crippen LogP contribution in [0.1, 0.15) is 13.8 Å². The monoisotopic (exact) mass is 536 g/mol. The number of benzene rings is 4. The zero-order valence-electron chi connectivity index (χ0n) is 23.6. The van der Waals surface area contributed by atoms with Crippen molar-refractivity contribution in [3.63, 3.8) is 0 Å². The molecule has 41 heavy (non-hydrogen) atoms. The van der Waals surface area contributed by atoms with Gasteiger partial charge in [-0.25, -0.2) is 0 Å². The molecule has 202 valence electrons. The van der Waals surface area contributed by atoms with Crippen LogP contribution < -0.4 is 19.1 Å². The molecule has 0 bridgehead atoms. The summed E-state index contributed by atoms with van der Waals surface area (Å²) in [7, 11) is 2.04. The SMILES string of the molecule is C=C1N(C)c2ccccc2N1c1cccc(Oc2ccc3c4ccccc4[n+]([C-]4C=C(C(C)C)C=C[N+]4=C)[c-]3c2)c1. The number of nitrogens with zero attached hydrogens (tertiary/aromatic N) is 4. The Morgan fingerprint density at radius 1 is 0.878 bits per heavy atom. The molecular weight excluding hydrogens is 504 g/mol. The molecule has 2 aliphatic heterocycles. The summed E-state index contributed by atoms with van der Waals surface area (Å²) in [6.45, 7) is 13.1. The van der Waals surface area contributed by atoms with E-state index in [0.29, 0.717) is 5.92 Å². The summed E-state index contributed by atoms with van der Waals surface area (Å²) in [4.78, 5) is 4.27. The number of anilines is 3. The van der Waals surface area contributed by atoms with E-state index in [-0.39, 0.29) is 0 Å². The van der Waals surface area contributed by atoms with Crippen molar-refractivity contribution in [1.29, 1.82) is 0 Å². The summed E-state index contributed by atoms with van der Waals surface area (Å²) in [5, 5.41) is 2.37. The average molecular weight is 537 g/mol. The first kappa shape index (κ1) is 24.9. The third-order valence-corrected chi connectivity index (χ3v) is 8.02. The fourth-order valence-corrected chi connectivity index (χ4v) is 5.82. The predicted octanol–water partition coefficient (Wildman–Crippen LogP) is 8.01. The standard InChI is InChI=1S/C36H32N4O/c1-24(2)26-19-20-37(4)36(21-26)40-32-14-7-6-13-30(32)31-18-17-29(23-35(31)40)41-28-12-10-11-27(22-28)39-25(3)38(5)33-15-8-9-16-34(33)39/h6-24H,3-4H2,1-2,5H3. The third-order valence-electron chi connectivity index (χ3n) is 8.02. The number of aromatic nitrogens is 1. The molecule has 0 radical (unpaired) electrons. The highest BCUT2D eigenvalue weighted by Gasteiger charge is 2.29. The van der Waals surface area contributed by atoms with Gasteiger partial charge < -0.3 is 9.64 Å². The maximum atomic E-state index is 6.51. The molecule has 0 spiro atoms. The van der Waals surface area contributed by atoms with Gasteiger partial charge in [0.1, 0.15) is 28.4 Å². The highest BCUT2D eigenvalue weighted by atomic mass is 16.5. The number of hydrogen-bond donors (Lipinski definition) is 0.